The molecule has 1 aliphatic heterocycles. The van der Waals surface area contributed by atoms with Crippen LogP contribution in [-0.2, 0) is 32.0 Å². The van der Waals surface area contributed by atoms with Gasteiger partial charge in [0.05, 0.1) is 33.0 Å². The summed E-state index contributed by atoms with van der Waals surface area (Å²) in [6.07, 6.45) is 3.41. The predicted octanol–water partition coefficient (Wildman–Crippen LogP) is 5.39. The summed E-state index contributed by atoms with van der Waals surface area (Å²) in [5.41, 5.74) is 4.29. The zero-order valence-corrected chi connectivity index (χ0v) is 25.8. The van der Waals surface area contributed by atoms with Crippen LogP contribution in [0.4, 0.5) is 5.69 Å². The first-order valence-corrected chi connectivity index (χ1v) is 15.2. The molecular weight excluding hydrogens is 544 g/mol. The standard InChI is InChI=1S/C35H46N2O6/c1-37(32-13-6-4-10-28(32)12-8-21-39-2)35(38)26-43-34-24-36-20-19-31(34)27-15-17-30(18-16-27)42-23-9-22-41-25-29-11-5-7-14-33(29)40-3/h4-7,10-11,13-18,31,34,36H,8-9,12,19-26H2,1-3H3/t31-,34+/m1/s1. The van der Waals surface area contributed by atoms with Crippen molar-refractivity contribution in [2.75, 3.05) is 65.7 Å². The van der Waals surface area contributed by atoms with Crippen molar-refractivity contribution >= 4 is 11.6 Å². The van der Waals surface area contributed by atoms with Gasteiger partial charge >= 0.3 is 0 Å². The number of amides is 1. The van der Waals surface area contributed by atoms with Crippen molar-refractivity contribution in [1.82, 2.24) is 5.32 Å². The minimum Gasteiger partial charge on any atom is -0.496 e. The van der Waals surface area contributed by atoms with Gasteiger partial charge in [-0.25, -0.2) is 0 Å². The van der Waals surface area contributed by atoms with E-state index in [0.717, 1.165) is 60.5 Å². The Morgan fingerprint density at radius 3 is 2.47 bits per heavy atom. The maximum atomic E-state index is 13.1. The molecule has 3 aromatic carbocycles. The summed E-state index contributed by atoms with van der Waals surface area (Å²) < 4.78 is 28.6. The number of nitrogens with zero attached hydrogens (tertiary/aromatic N) is 1. The van der Waals surface area contributed by atoms with Crippen LogP contribution in [0.15, 0.2) is 72.8 Å². The Morgan fingerprint density at radius 1 is 0.907 bits per heavy atom. The quantitative estimate of drug-likeness (QED) is 0.211. The smallest absolute Gasteiger partial charge is 0.252 e. The normalized spacial score (nSPS) is 16.5. The fourth-order valence-corrected chi connectivity index (χ4v) is 5.42. The first kappa shape index (κ1) is 32.5. The lowest BCUT2D eigenvalue weighted by molar-refractivity contribution is -0.125. The van der Waals surface area contributed by atoms with Crippen molar-refractivity contribution < 1.29 is 28.5 Å². The minimum atomic E-state index is -0.0878. The van der Waals surface area contributed by atoms with E-state index in [2.05, 4.69) is 23.5 Å². The average Bonchev–Trinajstić information content (AvgIpc) is 3.06. The summed E-state index contributed by atoms with van der Waals surface area (Å²) in [5, 5.41) is 3.42. The molecule has 2 atom stereocenters. The number of methoxy groups -OCH3 is 2. The third-order valence-electron chi connectivity index (χ3n) is 7.83. The Labute approximate surface area is 256 Å². The summed E-state index contributed by atoms with van der Waals surface area (Å²) in [5.74, 6) is 1.83. The number of anilines is 1. The summed E-state index contributed by atoms with van der Waals surface area (Å²) in [6, 6.07) is 24.2. The topological polar surface area (TPSA) is 78.5 Å². The summed E-state index contributed by atoms with van der Waals surface area (Å²) in [6.45, 7) is 4.06. The highest BCUT2D eigenvalue weighted by atomic mass is 16.5. The highest BCUT2D eigenvalue weighted by Crippen LogP contribution is 2.29. The van der Waals surface area contributed by atoms with Gasteiger partial charge in [-0.3, -0.25) is 4.79 Å². The van der Waals surface area contributed by atoms with Gasteiger partial charge in [0.15, 0.2) is 0 Å². The van der Waals surface area contributed by atoms with E-state index in [1.165, 1.54) is 5.56 Å². The summed E-state index contributed by atoms with van der Waals surface area (Å²) in [7, 11) is 5.20. The van der Waals surface area contributed by atoms with Crippen molar-refractivity contribution in [3.63, 3.8) is 0 Å². The van der Waals surface area contributed by atoms with Crippen molar-refractivity contribution in [1.29, 1.82) is 0 Å². The number of carbonyl (C=O) groups excluding carboxylic acids is 1. The van der Waals surface area contributed by atoms with E-state index >= 15 is 0 Å². The third kappa shape index (κ3) is 9.79. The van der Waals surface area contributed by atoms with Gasteiger partial charge in [-0.15, -0.1) is 0 Å². The lowest BCUT2D eigenvalue weighted by Gasteiger charge is -2.33. The predicted molar refractivity (Wildman–Crippen MR) is 169 cm³/mol. The Bertz CT molecular complexity index is 1250. The number of ether oxygens (including phenoxy) is 5. The number of nitrogens with one attached hydrogen (secondary N) is 1. The van der Waals surface area contributed by atoms with Crippen LogP contribution >= 0.6 is 0 Å². The Morgan fingerprint density at radius 2 is 1.67 bits per heavy atom. The number of aryl methyl sites for hydroxylation is 1. The average molecular weight is 591 g/mol. The van der Waals surface area contributed by atoms with Crippen molar-refractivity contribution in [3.8, 4) is 11.5 Å². The molecule has 0 aromatic heterocycles. The number of carbonyl (C=O) groups is 1. The third-order valence-corrected chi connectivity index (χ3v) is 7.83. The second-order valence-electron chi connectivity index (χ2n) is 10.8. The lowest BCUT2D eigenvalue weighted by Crippen LogP contribution is -2.43. The second kappa shape index (κ2) is 17.6. The SMILES string of the molecule is COCCCc1ccccc1N(C)C(=O)CO[C@H]1CNCC[C@@H]1c1ccc(OCCCOCc2ccccc2OC)cc1. The van der Waals surface area contributed by atoms with Gasteiger partial charge in [-0.2, -0.15) is 0 Å². The monoisotopic (exact) mass is 590 g/mol. The van der Waals surface area contributed by atoms with E-state index in [4.69, 9.17) is 23.7 Å². The molecule has 3 aromatic rings. The fourth-order valence-electron chi connectivity index (χ4n) is 5.42. The van der Waals surface area contributed by atoms with Gasteiger partial charge in [0, 0.05) is 50.9 Å². The molecule has 1 amide bonds. The van der Waals surface area contributed by atoms with Crippen LogP contribution in [-0.4, -0.2) is 72.8 Å². The maximum absolute atomic E-state index is 13.1. The van der Waals surface area contributed by atoms with Crippen molar-refractivity contribution in [3.05, 3.63) is 89.5 Å². The van der Waals surface area contributed by atoms with Crippen LogP contribution in [0.1, 0.15) is 41.9 Å². The van der Waals surface area contributed by atoms with Gasteiger partial charge in [-0.05, 0) is 61.2 Å². The van der Waals surface area contributed by atoms with Gasteiger partial charge in [0.1, 0.15) is 18.1 Å². The molecule has 0 aliphatic carbocycles. The molecule has 0 unspecified atom stereocenters. The maximum Gasteiger partial charge on any atom is 0.252 e. The number of rotatable bonds is 17. The molecule has 8 nitrogen and oxygen atoms in total. The largest absolute Gasteiger partial charge is 0.496 e. The van der Waals surface area contributed by atoms with E-state index < -0.39 is 0 Å². The fraction of sp³-hybridized carbons (Fsp3) is 0.457. The molecule has 232 valence electrons. The van der Waals surface area contributed by atoms with E-state index in [0.29, 0.717) is 33.0 Å². The Hall–Kier alpha value is -3.43. The van der Waals surface area contributed by atoms with Crippen LogP contribution in [0, 0.1) is 0 Å². The van der Waals surface area contributed by atoms with Crippen LogP contribution < -0.4 is 19.7 Å². The van der Waals surface area contributed by atoms with Crippen LogP contribution in [0.25, 0.3) is 0 Å². The molecule has 1 heterocycles. The Kier molecular flexibility index (Phi) is 13.3. The van der Waals surface area contributed by atoms with E-state index in [9.17, 15) is 4.79 Å². The Balaban J connectivity index is 1.22. The van der Waals surface area contributed by atoms with Crippen LogP contribution in [0.5, 0.6) is 11.5 Å². The van der Waals surface area contributed by atoms with Gasteiger partial charge in [0.25, 0.3) is 5.91 Å². The first-order valence-electron chi connectivity index (χ1n) is 15.2. The molecule has 1 N–H and O–H groups in total. The summed E-state index contributed by atoms with van der Waals surface area (Å²) in [4.78, 5) is 14.9. The molecular formula is C35H46N2O6. The van der Waals surface area contributed by atoms with E-state index in [1.807, 2.05) is 61.6 Å². The second-order valence-corrected chi connectivity index (χ2v) is 10.8. The highest BCUT2D eigenvalue weighted by molar-refractivity contribution is 5.94. The number of hydrogen-bond donors (Lipinski definition) is 1. The molecule has 8 heteroatoms. The summed E-state index contributed by atoms with van der Waals surface area (Å²) >= 11 is 0. The number of piperidine rings is 1. The minimum absolute atomic E-state index is 0.0338. The number of hydrogen-bond acceptors (Lipinski definition) is 7. The van der Waals surface area contributed by atoms with Crippen molar-refractivity contribution in [2.45, 2.75) is 44.3 Å². The van der Waals surface area contributed by atoms with Gasteiger partial charge < -0.3 is 33.9 Å². The molecule has 1 fully saturated rings. The van der Waals surface area contributed by atoms with Crippen LogP contribution in [0.3, 0.4) is 0 Å². The molecule has 1 saturated heterocycles. The van der Waals surface area contributed by atoms with Gasteiger partial charge in [0.2, 0.25) is 0 Å². The number of likely N-dealkylation sites (N-methyl/N-ethyl adjacent to an activating group) is 1. The van der Waals surface area contributed by atoms with E-state index in [1.54, 1.807) is 19.1 Å². The molecule has 4 rings (SSSR count). The van der Waals surface area contributed by atoms with Crippen LogP contribution in [0.2, 0.25) is 0 Å². The number of para-hydroxylation sites is 2. The molecule has 0 spiro atoms. The van der Waals surface area contributed by atoms with Gasteiger partial charge in [-0.1, -0.05) is 48.5 Å². The zero-order valence-electron chi connectivity index (χ0n) is 25.8. The molecule has 0 bridgehead atoms. The van der Waals surface area contributed by atoms with Crippen molar-refractivity contribution in [2.24, 2.45) is 0 Å². The first-order chi connectivity index (χ1) is 21.1. The molecule has 1 aliphatic rings. The highest BCUT2D eigenvalue weighted by Gasteiger charge is 2.28. The van der Waals surface area contributed by atoms with E-state index in [-0.39, 0.29) is 24.5 Å². The molecule has 0 radical (unpaired) electrons. The lowest BCUT2D eigenvalue weighted by atomic mass is 9.87. The number of benzene rings is 3. The molecule has 43 heavy (non-hydrogen) atoms. The molecule has 0 saturated carbocycles. The zero-order chi connectivity index (χ0) is 30.3.